The van der Waals surface area contributed by atoms with Crippen LogP contribution in [0.1, 0.15) is 11.1 Å². The molecule has 0 fully saturated rings. The Labute approximate surface area is 169 Å². The number of fused-ring (bicyclic) bond motifs is 1. The van der Waals surface area contributed by atoms with E-state index in [9.17, 15) is 8.42 Å². The zero-order valence-corrected chi connectivity index (χ0v) is 16.3. The number of nitrogen functional groups attached to an aromatic ring is 1. The zero-order valence-electron chi connectivity index (χ0n) is 15.5. The average Bonchev–Trinajstić information content (AvgIpc) is 2.74. The van der Waals surface area contributed by atoms with Gasteiger partial charge in [0, 0.05) is 22.5 Å². The van der Waals surface area contributed by atoms with Gasteiger partial charge in [-0.2, -0.15) is 0 Å². The van der Waals surface area contributed by atoms with Crippen LogP contribution in [-0.2, 0) is 10.0 Å². The maximum absolute atomic E-state index is 12.9. The number of sulfonamides is 1. The second-order valence-electron chi connectivity index (χ2n) is 6.66. The van der Waals surface area contributed by atoms with Crippen molar-refractivity contribution in [2.45, 2.75) is 4.90 Å². The molecular weight excluding hydrogens is 382 g/mol. The Morgan fingerprint density at radius 1 is 0.793 bits per heavy atom. The maximum atomic E-state index is 12.9. The molecule has 0 unspecified atom stereocenters. The van der Waals surface area contributed by atoms with Crippen molar-refractivity contribution in [3.05, 3.63) is 102 Å². The minimum atomic E-state index is -3.79. The van der Waals surface area contributed by atoms with E-state index < -0.39 is 10.0 Å². The Balaban J connectivity index is 1.67. The minimum absolute atomic E-state index is 0.174. The summed E-state index contributed by atoms with van der Waals surface area (Å²) in [6, 6.07) is 26.5. The summed E-state index contributed by atoms with van der Waals surface area (Å²) < 4.78 is 28.4. The summed E-state index contributed by atoms with van der Waals surface area (Å²) in [6.07, 6.45) is 0. The fourth-order valence-electron chi connectivity index (χ4n) is 3.15. The molecule has 0 radical (unpaired) electrons. The molecule has 0 amide bonds. The smallest absolute Gasteiger partial charge is 0.261 e. The Kier molecular flexibility index (Phi) is 4.78. The number of nitrogens with one attached hydrogen (secondary N) is 2. The van der Waals surface area contributed by atoms with E-state index in [2.05, 4.69) is 4.72 Å². The van der Waals surface area contributed by atoms with Gasteiger partial charge in [0.1, 0.15) is 0 Å². The van der Waals surface area contributed by atoms with Gasteiger partial charge in [0.05, 0.1) is 10.6 Å². The molecule has 29 heavy (non-hydrogen) atoms. The van der Waals surface area contributed by atoms with Crippen LogP contribution in [0.5, 0.6) is 0 Å². The van der Waals surface area contributed by atoms with E-state index in [0.717, 1.165) is 10.8 Å². The molecular formula is C23H19N3O2S. The van der Waals surface area contributed by atoms with Gasteiger partial charge in [-0.3, -0.25) is 10.1 Å². The third-order valence-electron chi connectivity index (χ3n) is 4.67. The number of rotatable bonds is 5. The number of benzene rings is 4. The second-order valence-corrected chi connectivity index (χ2v) is 8.34. The van der Waals surface area contributed by atoms with Crippen molar-refractivity contribution in [2.75, 3.05) is 10.5 Å². The Hall–Kier alpha value is -3.64. The topological polar surface area (TPSA) is 96.0 Å². The molecule has 4 rings (SSSR count). The Morgan fingerprint density at radius 2 is 1.48 bits per heavy atom. The van der Waals surface area contributed by atoms with Crippen LogP contribution < -0.4 is 10.5 Å². The van der Waals surface area contributed by atoms with E-state index in [1.165, 1.54) is 0 Å². The molecule has 0 aromatic heterocycles. The first-order valence-electron chi connectivity index (χ1n) is 8.99. The summed E-state index contributed by atoms with van der Waals surface area (Å²) in [6.45, 7) is 0. The van der Waals surface area contributed by atoms with E-state index in [-0.39, 0.29) is 10.6 Å². The van der Waals surface area contributed by atoms with Crippen molar-refractivity contribution in [1.29, 1.82) is 5.41 Å². The summed E-state index contributed by atoms with van der Waals surface area (Å²) in [5.41, 5.74) is 8.21. The normalized spacial score (nSPS) is 11.3. The van der Waals surface area contributed by atoms with Crippen LogP contribution in [0.3, 0.4) is 0 Å². The molecule has 0 atom stereocenters. The van der Waals surface area contributed by atoms with Gasteiger partial charge >= 0.3 is 0 Å². The highest BCUT2D eigenvalue weighted by Gasteiger charge is 2.16. The molecule has 4 N–H and O–H groups in total. The fourth-order valence-corrected chi connectivity index (χ4v) is 4.23. The lowest BCUT2D eigenvalue weighted by atomic mass is 10.0. The number of anilines is 2. The molecule has 0 heterocycles. The molecule has 0 aliphatic heterocycles. The van der Waals surface area contributed by atoms with Crippen molar-refractivity contribution in [3.8, 4) is 0 Å². The SMILES string of the molecule is N=C(c1ccccc1)c1cc(NS(=O)(=O)c2ccc3ccccc3c2)ccc1N. The molecule has 0 saturated carbocycles. The van der Waals surface area contributed by atoms with Crippen LogP contribution in [0.2, 0.25) is 0 Å². The number of nitrogens with two attached hydrogens (primary N) is 1. The second kappa shape index (κ2) is 7.41. The average molecular weight is 401 g/mol. The summed E-state index contributed by atoms with van der Waals surface area (Å²) in [4.78, 5) is 0.174. The van der Waals surface area contributed by atoms with Gasteiger partial charge < -0.3 is 5.73 Å². The van der Waals surface area contributed by atoms with Gasteiger partial charge in [-0.05, 0) is 41.1 Å². The highest BCUT2D eigenvalue weighted by atomic mass is 32.2. The monoisotopic (exact) mass is 401 g/mol. The third kappa shape index (κ3) is 3.83. The first-order valence-corrected chi connectivity index (χ1v) is 10.5. The van der Waals surface area contributed by atoms with Crippen LogP contribution in [0.15, 0.2) is 95.9 Å². The predicted octanol–water partition coefficient (Wildman–Crippen LogP) is 4.64. The van der Waals surface area contributed by atoms with Crippen LogP contribution in [0, 0.1) is 5.41 Å². The van der Waals surface area contributed by atoms with E-state index in [1.807, 2.05) is 54.6 Å². The fraction of sp³-hybridized carbons (Fsp3) is 0. The molecule has 5 nitrogen and oxygen atoms in total. The molecule has 0 aliphatic rings. The highest BCUT2D eigenvalue weighted by Crippen LogP contribution is 2.25. The lowest BCUT2D eigenvalue weighted by Crippen LogP contribution is -2.14. The van der Waals surface area contributed by atoms with Crippen molar-refractivity contribution >= 4 is 37.9 Å². The molecule has 144 valence electrons. The van der Waals surface area contributed by atoms with E-state index in [0.29, 0.717) is 22.5 Å². The number of hydrogen-bond acceptors (Lipinski definition) is 4. The largest absolute Gasteiger partial charge is 0.398 e. The quantitative estimate of drug-likeness (QED) is 0.336. The van der Waals surface area contributed by atoms with E-state index in [4.69, 9.17) is 11.1 Å². The van der Waals surface area contributed by atoms with Gasteiger partial charge in [0.25, 0.3) is 10.0 Å². The minimum Gasteiger partial charge on any atom is -0.398 e. The van der Waals surface area contributed by atoms with Gasteiger partial charge in [0.2, 0.25) is 0 Å². The molecule has 0 bridgehead atoms. The van der Waals surface area contributed by atoms with E-state index in [1.54, 1.807) is 36.4 Å². The lowest BCUT2D eigenvalue weighted by Gasteiger charge is -2.13. The van der Waals surface area contributed by atoms with Crippen molar-refractivity contribution < 1.29 is 8.42 Å². The summed E-state index contributed by atoms with van der Waals surface area (Å²) in [7, 11) is -3.79. The molecule has 0 spiro atoms. The number of hydrogen-bond donors (Lipinski definition) is 3. The standard InChI is InChI=1S/C23H19N3O2S/c24-22-13-11-19(15-21(22)23(25)17-7-2-1-3-8-17)26-29(27,28)20-12-10-16-6-4-5-9-18(16)14-20/h1-15,25-26H,24H2. The van der Waals surface area contributed by atoms with Crippen molar-refractivity contribution in [1.82, 2.24) is 0 Å². The maximum Gasteiger partial charge on any atom is 0.261 e. The predicted molar refractivity (Wildman–Crippen MR) is 118 cm³/mol. The molecule has 0 saturated heterocycles. The van der Waals surface area contributed by atoms with Crippen LogP contribution >= 0.6 is 0 Å². The van der Waals surface area contributed by atoms with Gasteiger partial charge in [-0.25, -0.2) is 8.42 Å². The van der Waals surface area contributed by atoms with Crippen LogP contribution in [0.4, 0.5) is 11.4 Å². The lowest BCUT2D eigenvalue weighted by molar-refractivity contribution is 0.601. The van der Waals surface area contributed by atoms with Crippen molar-refractivity contribution in [3.63, 3.8) is 0 Å². The van der Waals surface area contributed by atoms with E-state index >= 15 is 0 Å². The highest BCUT2D eigenvalue weighted by molar-refractivity contribution is 7.92. The first kappa shape index (κ1) is 18.7. The van der Waals surface area contributed by atoms with Gasteiger partial charge in [-0.15, -0.1) is 0 Å². The Bertz CT molecular complexity index is 1320. The molecule has 0 aliphatic carbocycles. The summed E-state index contributed by atoms with van der Waals surface area (Å²) in [5, 5.41) is 10.3. The van der Waals surface area contributed by atoms with Gasteiger partial charge in [0.15, 0.2) is 0 Å². The zero-order chi connectivity index (χ0) is 20.4. The van der Waals surface area contributed by atoms with Crippen LogP contribution in [-0.4, -0.2) is 14.1 Å². The third-order valence-corrected chi connectivity index (χ3v) is 6.05. The Morgan fingerprint density at radius 3 is 2.24 bits per heavy atom. The van der Waals surface area contributed by atoms with Crippen LogP contribution in [0.25, 0.3) is 10.8 Å². The molecule has 6 heteroatoms. The van der Waals surface area contributed by atoms with Gasteiger partial charge in [-0.1, -0.05) is 60.7 Å². The summed E-state index contributed by atoms with van der Waals surface area (Å²) >= 11 is 0. The van der Waals surface area contributed by atoms with Crippen molar-refractivity contribution in [2.24, 2.45) is 0 Å². The summed E-state index contributed by atoms with van der Waals surface area (Å²) in [5.74, 6) is 0. The first-order chi connectivity index (χ1) is 13.9. The molecule has 4 aromatic carbocycles. The molecule has 4 aromatic rings.